The van der Waals surface area contributed by atoms with Crippen molar-refractivity contribution < 1.29 is 9.59 Å². The average Bonchev–Trinajstić information content (AvgIpc) is 3.41. The van der Waals surface area contributed by atoms with Gasteiger partial charge in [0.2, 0.25) is 11.8 Å². The summed E-state index contributed by atoms with van der Waals surface area (Å²) in [5.74, 6) is 1.07. The molecule has 1 atom stereocenters. The Morgan fingerprint density at radius 2 is 1.50 bits per heavy atom. The molecule has 3 aromatic rings. The van der Waals surface area contributed by atoms with Crippen molar-refractivity contribution in [3.05, 3.63) is 107 Å². The molecule has 188 valence electrons. The number of benzene rings is 3. The molecular formula is C31H36N2O2S. The van der Waals surface area contributed by atoms with E-state index >= 15 is 0 Å². The molecule has 1 aliphatic rings. The lowest BCUT2D eigenvalue weighted by Gasteiger charge is -2.32. The minimum atomic E-state index is -0.556. The van der Waals surface area contributed by atoms with Gasteiger partial charge in [-0.3, -0.25) is 9.59 Å². The summed E-state index contributed by atoms with van der Waals surface area (Å²) in [7, 11) is 0. The molecule has 0 bridgehead atoms. The zero-order valence-electron chi connectivity index (χ0n) is 21.1. The van der Waals surface area contributed by atoms with Crippen molar-refractivity contribution in [1.29, 1.82) is 0 Å². The SMILES string of the molecule is Cc1ccccc1CSCC(=O)N(Cc1ccccc1)[C@@H](Cc1ccccc1)C(=O)NC1CCCC1. The molecule has 0 radical (unpaired) electrons. The molecular weight excluding hydrogens is 464 g/mol. The van der Waals surface area contributed by atoms with Gasteiger partial charge in [0, 0.05) is 24.8 Å². The second kappa shape index (κ2) is 13.3. The van der Waals surface area contributed by atoms with Crippen molar-refractivity contribution in [3.63, 3.8) is 0 Å². The van der Waals surface area contributed by atoms with Crippen LogP contribution in [0.25, 0.3) is 0 Å². The highest BCUT2D eigenvalue weighted by Crippen LogP contribution is 2.22. The highest BCUT2D eigenvalue weighted by molar-refractivity contribution is 7.99. The maximum absolute atomic E-state index is 13.7. The van der Waals surface area contributed by atoms with Gasteiger partial charge in [0.05, 0.1) is 5.75 Å². The lowest BCUT2D eigenvalue weighted by molar-refractivity contribution is -0.139. The Morgan fingerprint density at radius 1 is 0.889 bits per heavy atom. The van der Waals surface area contributed by atoms with Crippen molar-refractivity contribution in [1.82, 2.24) is 10.2 Å². The number of hydrogen-bond acceptors (Lipinski definition) is 3. The van der Waals surface area contributed by atoms with E-state index in [0.29, 0.717) is 18.7 Å². The fourth-order valence-electron chi connectivity index (χ4n) is 4.80. The Kier molecular flexibility index (Phi) is 9.62. The van der Waals surface area contributed by atoms with E-state index in [9.17, 15) is 9.59 Å². The monoisotopic (exact) mass is 500 g/mol. The highest BCUT2D eigenvalue weighted by atomic mass is 32.2. The molecule has 1 saturated carbocycles. The molecule has 1 N–H and O–H groups in total. The fourth-order valence-corrected chi connectivity index (χ4v) is 5.79. The Hall–Kier alpha value is -3.05. The minimum Gasteiger partial charge on any atom is -0.352 e. The number of hydrogen-bond donors (Lipinski definition) is 1. The molecule has 5 heteroatoms. The van der Waals surface area contributed by atoms with E-state index in [4.69, 9.17) is 0 Å². The first-order chi connectivity index (χ1) is 17.6. The van der Waals surface area contributed by atoms with Crippen LogP contribution < -0.4 is 5.32 Å². The van der Waals surface area contributed by atoms with Crippen LogP contribution in [0.1, 0.15) is 47.9 Å². The summed E-state index contributed by atoms with van der Waals surface area (Å²) in [6.07, 6.45) is 4.83. The van der Waals surface area contributed by atoms with Gasteiger partial charge >= 0.3 is 0 Å². The molecule has 0 saturated heterocycles. The highest BCUT2D eigenvalue weighted by Gasteiger charge is 2.32. The smallest absolute Gasteiger partial charge is 0.243 e. The number of rotatable bonds is 11. The zero-order chi connectivity index (χ0) is 25.2. The van der Waals surface area contributed by atoms with E-state index in [1.165, 1.54) is 11.1 Å². The molecule has 1 aliphatic carbocycles. The van der Waals surface area contributed by atoms with Gasteiger partial charge in [-0.05, 0) is 42.0 Å². The zero-order valence-corrected chi connectivity index (χ0v) is 21.9. The standard InChI is InChI=1S/C31H36N2O2S/c1-24-12-8-9-17-27(24)22-36-23-30(34)33(21-26-15-6-3-7-16-26)29(20-25-13-4-2-5-14-25)31(35)32-28-18-10-11-19-28/h2-9,12-17,28-29H,10-11,18-23H2,1H3,(H,32,35)/t29-/m0/s1. The van der Waals surface area contributed by atoms with Crippen LogP contribution in [0.5, 0.6) is 0 Å². The Labute approximate surface area is 219 Å². The summed E-state index contributed by atoms with van der Waals surface area (Å²) in [6.45, 7) is 2.52. The van der Waals surface area contributed by atoms with E-state index in [2.05, 4.69) is 24.4 Å². The third kappa shape index (κ3) is 7.47. The molecule has 0 unspecified atom stereocenters. The quantitative estimate of drug-likeness (QED) is 0.355. The van der Waals surface area contributed by atoms with Crippen molar-refractivity contribution in [3.8, 4) is 0 Å². The maximum atomic E-state index is 13.7. The third-order valence-corrected chi connectivity index (χ3v) is 7.88. The summed E-state index contributed by atoms with van der Waals surface area (Å²) in [5, 5.41) is 3.27. The van der Waals surface area contributed by atoms with E-state index in [-0.39, 0.29) is 17.9 Å². The van der Waals surface area contributed by atoms with Gasteiger partial charge in [-0.15, -0.1) is 11.8 Å². The van der Waals surface area contributed by atoms with E-state index in [1.807, 2.05) is 72.8 Å². The fraction of sp³-hybridized carbons (Fsp3) is 0.355. The van der Waals surface area contributed by atoms with Gasteiger partial charge in [-0.2, -0.15) is 0 Å². The van der Waals surface area contributed by atoms with Gasteiger partial charge in [-0.1, -0.05) is 97.8 Å². The van der Waals surface area contributed by atoms with Crippen molar-refractivity contribution in [2.24, 2.45) is 0 Å². The lowest BCUT2D eigenvalue weighted by atomic mass is 10.0. The van der Waals surface area contributed by atoms with Crippen molar-refractivity contribution in [2.45, 2.75) is 63.4 Å². The average molecular weight is 501 g/mol. The largest absolute Gasteiger partial charge is 0.352 e. The number of carbonyl (C=O) groups excluding carboxylic acids is 2. The first kappa shape index (κ1) is 26.0. The number of nitrogens with one attached hydrogen (secondary N) is 1. The predicted molar refractivity (Wildman–Crippen MR) is 149 cm³/mol. The van der Waals surface area contributed by atoms with Crippen molar-refractivity contribution in [2.75, 3.05) is 5.75 Å². The summed E-state index contributed by atoms with van der Waals surface area (Å²) >= 11 is 1.61. The van der Waals surface area contributed by atoms with Crippen molar-refractivity contribution >= 4 is 23.6 Å². The first-order valence-corrected chi connectivity index (χ1v) is 14.1. The van der Waals surface area contributed by atoms with Gasteiger partial charge in [0.25, 0.3) is 0 Å². The molecule has 4 nitrogen and oxygen atoms in total. The summed E-state index contributed by atoms with van der Waals surface area (Å²) < 4.78 is 0. The Bertz CT molecular complexity index is 1110. The van der Waals surface area contributed by atoms with Gasteiger partial charge in [0.15, 0.2) is 0 Å². The van der Waals surface area contributed by atoms with Crippen LogP contribution >= 0.6 is 11.8 Å². The van der Waals surface area contributed by atoms with E-state index in [1.54, 1.807) is 16.7 Å². The first-order valence-electron chi connectivity index (χ1n) is 12.9. The molecule has 2 amide bonds. The van der Waals surface area contributed by atoms with E-state index < -0.39 is 6.04 Å². The second-order valence-corrected chi connectivity index (χ2v) is 10.6. The van der Waals surface area contributed by atoms with Crippen LogP contribution in [-0.2, 0) is 28.3 Å². The number of aryl methyl sites for hydroxylation is 1. The number of nitrogens with zero attached hydrogens (tertiary/aromatic N) is 1. The minimum absolute atomic E-state index is 0.0000553. The van der Waals surface area contributed by atoms with Crippen LogP contribution in [0.15, 0.2) is 84.9 Å². The Morgan fingerprint density at radius 3 is 2.17 bits per heavy atom. The summed E-state index contributed by atoms with van der Waals surface area (Å²) in [5.41, 5.74) is 4.56. The number of carbonyl (C=O) groups is 2. The van der Waals surface area contributed by atoms with Gasteiger partial charge < -0.3 is 10.2 Å². The summed E-state index contributed by atoms with van der Waals surface area (Å²) in [6, 6.07) is 27.9. The molecule has 4 rings (SSSR count). The van der Waals surface area contributed by atoms with E-state index in [0.717, 1.165) is 42.6 Å². The van der Waals surface area contributed by atoms with Crippen LogP contribution in [-0.4, -0.2) is 34.6 Å². The number of thioether (sulfide) groups is 1. The topological polar surface area (TPSA) is 49.4 Å². The molecule has 0 aliphatic heterocycles. The molecule has 3 aromatic carbocycles. The predicted octanol–water partition coefficient (Wildman–Crippen LogP) is 5.93. The Balaban J connectivity index is 1.55. The molecule has 0 heterocycles. The maximum Gasteiger partial charge on any atom is 0.243 e. The normalized spacial score (nSPS) is 14.4. The molecule has 0 spiro atoms. The lowest BCUT2D eigenvalue weighted by Crippen LogP contribution is -2.52. The van der Waals surface area contributed by atoms with Gasteiger partial charge in [-0.25, -0.2) is 0 Å². The third-order valence-electron chi connectivity index (χ3n) is 6.91. The molecule has 0 aromatic heterocycles. The van der Waals surface area contributed by atoms with Crippen LogP contribution in [0.4, 0.5) is 0 Å². The second-order valence-electron chi connectivity index (χ2n) is 9.62. The molecule has 1 fully saturated rings. The number of amides is 2. The van der Waals surface area contributed by atoms with Crippen LogP contribution in [0.3, 0.4) is 0 Å². The van der Waals surface area contributed by atoms with Gasteiger partial charge in [0.1, 0.15) is 6.04 Å². The van der Waals surface area contributed by atoms with Crippen LogP contribution in [0, 0.1) is 6.92 Å². The summed E-state index contributed by atoms with van der Waals surface area (Å²) in [4.78, 5) is 29.2. The van der Waals surface area contributed by atoms with Crippen LogP contribution in [0.2, 0.25) is 0 Å². The molecule has 36 heavy (non-hydrogen) atoms.